The molecule has 49 heavy (non-hydrogen) atoms. The second kappa shape index (κ2) is 12.8. The van der Waals surface area contributed by atoms with Crippen molar-refractivity contribution in [1.82, 2.24) is 20.9 Å². The van der Waals surface area contributed by atoms with Crippen molar-refractivity contribution in [2.45, 2.75) is 69.4 Å². The number of hydrogen-bond donors (Lipinski definition) is 3. The molecular formula is C45H46N4. The van der Waals surface area contributed by atoms with Gasteiger partial charge in [0.15, 0.2) is 0 Å². The molecule has 6 aliphatic carbocycles. The summed E-state index contributed by atoms with van der Waals surface area (Å²) in [6.45, 7) is 2.43. The molecule has 1 aromatic carbocycles. The van der Waals surface area contributed by atoms with Crippen LogP contribution in [-0.4, -0.2) is 23.5 Å². The number of nitrogens with zero attached hydrogens (tertiary/aromatic N) is 1. The van der Waals surface area contributed by atoms with Crippen molar-refractivity contribution in [3.05, 3.63) is 166 Å². The number of rotatable bonds is 5. The van der Waals surface area contributed by atoms with Gasteiger partial charge in [-0.1, -0.05) is 128 Å². The van der Waals surface area contributed by atoms with Crippen LogP contribution < -0.4 is 16.0 Å². The van der Waals surface area contributed by atoms with E-state index in [1.54, 1.807) is 0 Å². The van der Waals surface area contributed by atoms with Crippen molar-refractivity contribution < 1.29 is 0 Å². The smallest absolute Gasteiger partial charge is 0.0824 e. The topological polar surface area (TPSA) is 49.0 Å². The number of benzene rings is 1. The van der Waals surface area contributed by atoms with Gasteiger partial charge in [0.25, 0.3) is 0 Å². The van der Waals surface area contributed by atoms with Gasteiger partial charge in [-0.2, -0.15) is 0 Å². The van der Waals surface area contributed by atoms with E-state index in [4.69, 9.17) is 4.98 Å². The molecule has 4 nitrogen and oxygen atoms in total. The molecule has 2 aromatic rings. The maximum Gasteiger partial charge on any atom is 0.0824 e. The van der Waals surface area contributed by atoms with Gasteiger partial charge >= 0.3 is 0 Å². The molecule has 0 amide bonds. The zero-order valence-electron chi connectivity index (χ0n) is 28.4. The summed E-state index contributed by atoms with van der Waals surface area (Å²) in [5.41, 5.74) is 12.1. The molecule has 2 heterocycles. The van der Waals surface area contributed by atoms with Gasteiger partial charge in [0.05, 0.1) is 24.2 Å². The van der Waals surface area contributed by atoms with E-state index in [0.29, 0.717) is 5.92 Å². The van der Waals surface area contributed by atoms with Gasteiger partial charge in [0, 0.05) is 29.4 Å². The minimum absolute atomic E-state index is 0.0547. The monoisotopic (exact) mass is 642 g/mol. The molecule has 9 rings (SSSR count). The van der Waals surface area contributed by atoms with Crippen LogP contribution in [0.25, 0.3) is 17.7 Å². The normalized spacial score (nSPS) is 32.8. The van der Waals surface area contributed by atoms with Crippen LogP contribution in [0.5, 0.6) is 0 Å². The Hall–Kier alpha value is -4.35. The number of pyridine rings is 1. The van der Waals surface area contributed by atoms with Crippen LogP contribution >= 0.6 is 0 Å². The van der Waals surface area contributed by atoms with E-state index < -0.39 is 0 Å². The molecule has 1 aliphatic heterocycles. The number of hydrogen-bond acceptors (Lipinski definition) is 4. The van der Waals surface area contributed by atoms with Gasteiger partial charge in [0.2, 0.25) is 0 Å². The Balaban J connectivity index is 1.13. The fourth-order valence-electron chi connectivity index (χ4n) is 9.20. The van der Waals surface area contributed by atoms with Crippen molar-refractivity contribution in [3.63, 3.8) is 0 Å². The summed E-state index contributed by atoms with van der Waals surface area (Å²) in [5.74, 6) is 0.898. The first-order chi connectivity index (χ1) is 24.1. The molecule has 1 fully saturated rings. The fourth-order valence-corrected chi connectivity index (χ4v) is 9.20. The Labute approximate surface area is 291 Å². The largest absolute Gasteiger partial charge is 0.282 e. The summed E-state index contributed by atoms with van der Waals surface area (Å²) in [4.78, 5) is 4.99. The van der Waals surface area contributed by atoms with Crippen LogP contribution in [0.15, 0.2) is 138 Å². The highest BCUT2D eigenvalue weighted by Gasteiger charge is 2.44. The minimum atomic E-state index is -0.0932. The van der Waals surface area contributed by atoms with Gasteiger partial charge in [0.1, 0.15) is 0 Å². The zero-order chi connectivity index (χ0) is 32.8. The zero-order valence-corrected chi connectivity index (χ0v) is 28.4. The molecule has 0 bridgehead atoms. The molecule has 1 aromatic heterocycles. The van der Waals surface area contributed by atoms with E-state index in [-0.39, 0.29) is 35.7 Å². The van der Waals surface area contributed by atoms with Gasteiger partial charge in [-0.3, -0.25) is 20.9 Å². The molecule has 7 unspecified atom stereocenters. The van der Waals surface area contributed by atoms with Crippen LogP contribution in [0.4, 0.5) is 0 Å². The first-order valence-corrected chi connectivity index (χ1v) is 18.3. The molecule has 4 heteroatoms. The summed E-state index contributed by atoms with van der Waals surface area (Å²) in [5, 5.41) is 12.0. The number of aromatic nitrogens is 1. The van der Waals surface area contributed by atoms with E-state index in [9.17, 15) is 0 Å². The molecule has 3 N–H and O–H groups in total. The highest BCUT2D eigenvalue weighted by atomic mass is 15.4. The van der Waals surface area contributed by atoms with Crippen molar-refractivity contribution >= 4 is 17.7 Å². The Bertz CT molecular complexity index is 1960. The van der Waals surface area contributed by atoms with Crippen LogP contribution in [0.2, 0.25) is 0 Å². The standard InChI is InChI=1S/C45H46N4/c1-45-25-13-12-21-40(45)38(27-32-18-8-10-20-39(32)45)37-28-34(23-24-36(37)35-26-33-19-9-11-22-41(33)46-29-35)44-48-42(30-14-4-2-5-15-30)47-43(49-44)31-16-6-3-7-17-31/h2-6,8,10-14,16,18,20-27,29-30,37,40,42-44,47-49H,7,9,15,17,19,28H2,1H3. The lowest BCUT2D eigenvalue weighted by Crippen LogP contribution is -2.69. The molecule has 1 saturated heterocycles. The summed E-state index contributed by atoms with van der Waals surface area (Å²) < 4.78 is 0. The van der Waals surface area contributed by atoms with Crippen LogP contribution in [0, 0.1) is 17.8 Å². The van der Waals surface area contributed by atoms with E-state index >= 15 is 0 Å². The molecular weight excluding hydrogens is 597 g/mol. The maximum absolute atomic E-state index is 4.99. The average molecular weight is 643 g/mol. The fraction of sp³-hybridized carbons (Fsp3) is 0.311. The van der Waals surface area contributed by atoms with Crippen LogP contribution in [-0.2, 0) is 11.8 Å². The van der Waals surface area contributed by atoms with Crippen molar-refractivity contribution in [1.29, 1.82) is 0 Å². The maximum atomic E-state index is 4.99. The second-order valence-electron chi connectivity index (χ2n) is 14.8. The van der Waals surface area contributed by atoms with Gasteiger partial charge in [-0.15, -0.1) is 0 Å². The van der Waals surface area contributed by atoms with Crippen molar-refractivity contribution in [2.24, 2.45) is 17.8 Å². The lowest BCUT2D eigenvalue weighted by atomic mass is 9.59. The summed E-state index contributed by atoms with van der Waals surface area (Å²) in [6, 6.07) is 11.5. The van der Waals surface area contributed by atoms with Crippen molar-refractivity contribution in [3.8, 4) is 0 Å². The summed E-state index contributed by atoms with van der Waals surface area (Å²) in [7, 11) is 0. The Morgan fingerprint density at radius 2 is 1.69 bits per heavy atom. The second-order valence-corrected chi connectivity index (χ2v) is 14.8. The third-order valence-electron chi connectivity index (χ3n) is 11.9. The van der Waals surface area contributed by atoms with Crippen LogP contribution in [0.1, 0.15) is 67.0 Å². The predicted octanol–water partition coefficient (Wildman–Crippen LogP) is 8.64. The molecule has 7 atom stereocenters. The number of allylic oxidation sites excluding steroid dienone is 15. The van der Waals surface area contributed by atoms with Gasteiger partial charge in [-0.25, -0.2) is 0 Å². The van der Waals surface area contributed by atoms with Gasteiger partial charge in [-0.05, 0) is 89.6 Å². The van der Waals surface area contributed by atoms with Crippen LogP contribution in [0.3, 0.4) is 0 Å². The molecule has 246 valence electrons. The van der Waals surface area contributed by atoms with Crippen molar-refractivity contribution in [2.75, 3.05) is 0 Å². The van der Waals surface area contributed by atoms with E-state index in [0.717, 1.165) is 44.2 Å². The number of fused-ring (bicyclic) bond motifs is 4. The quantitative estimate of drug-likeness (QED) is 0.306. The first kappa shape index (κ1) is 30.7. The van der Waals surface area contributed by atoms with Gasteiger partial charge < -0.3 is 0 Å². The molecule has 0 saturated carbocycles. The lowest BCUT2D eigenvalue weighted by molar-refractivity contribution is 0.197. The number of nitrogens with one attached hydrogen (secondary N) is 3. The minimum Gasteiger partial charge on any atom is -0.282 e. The SMILES string of the molecule is CC12C=CC=CC1C(C1CC(C3NC(C4=CC=CCC4)NC(C4C=CC=CC4)N3)=CC=C1c1cnc3c(c1)CCC=C3)=Cc1ccccc12. The molecule has 7 aliphatic rings. The third kappa shape index (κ3) is 5.66. The van der Waals surface area contributed by atoms with E-state index in [1.807, 2.05) is 0 Å². The summed E-state index contributed by atoms with van der Waals surface area (Å²) in [6.07, 6.45) is 45.8. The summed E-state index contributed by atoms with van der Waals surface area (Å²) >= 11 is 0. The highest BCUT2D eigenvalue weighted by Crippen LogP contribution is 2.52. The molecule has 0 spiro atoms. The van der Waals surface area contributed by atoms with E-state index in [2.05, 4.69) is 157 Å². The molecule has 0 radical (unpaired) electrons. The third-order valence-corrected chi connectivity index (χ3v) is 11.9. The lowest BCUT2D eigenvalue weighted by Gasteiger charge is -2.47. The Morgan fingerprint density at radius 3 is 2.57 bits per heavy atom. The average Bonchev–Trinajstić information content (AvgIpc) is 3.17. The highest BCUT2D eigenvalue weighted by molar-refractivity contribution is 5.78. The first-order valence-electron chi connectivity index (χ1n) is 18.3. The van der Waals surface area contributed by atoms with E-state index in [1.165, 1.54) is 44.5 Å². The Morgan fingerprint density at radius 1 is 0.816 bits per heavy atom. The predicted molar refractivity (Wildman–Crippen MR) is 203 cm³/mol. The number of aryl methyl sites for hydroxylation is 1. The Kier molecular flexibility index (Phi) is 8.04.